The zero-order valence-corrected chi connectivity index (χ0v) is 21.9. The van der Waals surface area contributed by atoms with Gasteiger partial charge in [0.1, 0.15) is 11.5 Å². The Morgan fingerprint density at radius 1 is 1.03 bits per heavy atom. The van der Waals surface area contributed by atoms with Gasteiger partial charge >= 0.3 is 17.8 Å². The average molecular weight is 573 g/mol. The normalized spacial score (nSPS) is 10.7. The predicted octanol–water partition coefficient (Wildman–Crippen LogP) is 5.51. The standard InChI is InChI=1S/C26H23BrClN3O5/c1-3-12-35-21-9-5-17(6-10-21)26(34)36-23-11-7-19(27)13-18(23)15-29-31-25(33)24(32)30-20-8-4-16(2)22(28)14-20/h4-11,13-15H,3,12H2,1-2H3,(H,30,32)(H,31,33). The molecule has 0 atom stereocenters. The van der Waals surface area contributed by atoms with Gasteiger partial charge < -0.3 is 14.8 Å². The first-order chi connectivity index (χ1) is 17.3. The first kappa shape index (κ1) is 26.9. The number of nitrogens with zero attached hydrogens (tertiary/aromatic N) is 1. The summed E-state index contributed by atoms with van der Waals surface area (Å²) in [6, 6.07) is 16.4. The number of rotatable bonds is 8. The van der Waals surface area contributed by atoms with Crippen molar-refractivity contribution >= 4 is 57.2 Å². The maximum Gasteiger partial charge on any atom is 0.343 e. The van der Waals surface area contributed by atoms with Crippen LogP contribution in [-0.2, 0) is 9.59 Å². The molecule has 8 nitrogen and oxygen atoms in total. The van der Waals surface area contributed by atoms with Gasteiger partial charge in [0.2, 0.25) is 0 Å². The molecular weight excluding hydrogens is 550 g/mol. The molecule has 0 heterocycles. The van der Waals surface area contributed by atoms with E-state index in [4.69, 9.17) is 21.1 Å². The second-order valence-electron chi connectivity index (χ2n) is 7.56. The summed E-state index contributed by atoms with van der Waals surface area (Å²) in [6.07, 6.45) is 2.15. The highest BCUT2D eigenvalue weighted by Gasteiger charge is 2.15. The molecular formula is C26H23BrClN3O5. The molecule has 0 aromatic heterocycles. The molecule has 0 bridgehead atoms. The van der Waals surface area contributed by atoms with Gasteiger partial charge in [-0.25, -0.2) is 10.2 Å². The van der Waals surface area contributed by atoms with E-state index in [1.165, 1.54) is 6.21 Å². The van der Waals surface area contributed by atoms with Gasteiger partial charge in [-0.05, 0) is 73.5 Å². The molecule has 186 valence electrons. The van der Waals surface area contributed by atoms with Crippen LogP contribution in [0.1, 0.15) is 34.8 Å². The van der Waals surface area contributed by atoms with Crippen molar-refractivity contribution in [1.82, 2.24) is 5.43 Å². The number of amides is 2. The van der Waals surface area contributed by atoms with Crippen LogP contribution >= 0.6 is 27.5 Å². The van der Waals surface area contributed by atoms with Crippen molar-refractivity contribution in [3.05, 3.63) is 86.8 Å². The van der Waals surface area contributed by atoms with Crippen molar-refractivity contribution in [3.63, 3.8) is 0 Å². The Labute approximate surface area is 221 Å². The minimum atomic E-state index is -0.984. The van der Waals surface area contributed by atoms with E-state index in [2.05, 4.69) is 31.8 Å². The largest absolute Gasteiger partial charge is 0.494 e. The van der Waals surface area contributed by atoms with Gasteiger partial charge in [-0.15, -0.1) is 0 Å². The summed E-state index contributed by atoms with van der Waals surface area (Å²) in [4.78, 5) is 36.9. The lowest BCUT2D eigenvalue weighted by Crippen LogP contribution is -2.32. The molecule has 0 saturated heterocycles. The third-order valence-corrected chi connectivity index (χ3v) is 5.64. The highest BCUT2D eigenvalue weighted by atomic mass is 79.9. The van der Waals surface area contributed by atoms with Crippen molar-refractivity contribution in [2.24, 2.45) is 5.10 Å². The van der Waals surface area contributed by atoms with Crippen LogP contribution in [0.3, 0.4) is 0 Å². The van der Waals surface area contributed by atoms with E-state index in [0.29, 0.717) is 38.7 Å². The number of hydrogen-bond donors (Lipinski definition) is 2. The Morgan fingerprint density at radius 3 is 2.47 bits per heavy atom. The molecule has 0 aliphatic heterocycles. The molecule has 3 rings (SSSR count). The van der Waals surface area contributed by atoms with Crippen LogP contribution in [0, 0.1) is 6.92 Å². The molecule has 3 aromatic carbocycles. The summed E-state index contributed by atoms with van der Waals surface area (Å²) in [5.74, 6) is -1.60. The van der Waals surface area contributed by atoms with Gasteiger partial charge in [0.25, 0.3) is 0 Å². The van der Waals surface area contributed by atoms with Gasteiger partial charge in [-0.1, -0.05) is 40.5 Å². The molecule has 2 amide bonds. The predicted molar refractivity (Wildman–Crippen MR) is 142 cm³/mol. The molecule has 0 fully saturated rings. The quantitative estimate of drug-likeness (QED) is 0.122. The molecule has 0 unspecified atom stereocenters. The third kappa shape index (κ3) is 7.66. The summed E-state index contributed by atoms with van der Waals surface area (Å²) in [6.45, 7) is 4.42. The number of hydrogen-bond acceptors (Lipinski definition) is 6. The van der Waals surface area contributed by atoms with E-state index in [1.54, 1.807) is 60.7 Å². The lowest BCUT2D eigenvalue weighted by atomic mass is 10.2. The second kappa shape index (κ2) is 12.9. The van der Waals surface area contributed by atoms with Crippen LogP contribution in [0.15, 0.2) is 70.2 Å². The second-order valence-corrected chi connectivity index (χ2v) is 8.88. The molecule has 0 radical (unpaired) electrons. The Balaban J connectivity index is 1.63. The van der Waals surface area contributed by atoms with Crippen LogP contribution in [0.5, 0.6) is 11.5 Å². The van der Waals surface area contributed by atoms with E-state index in [1.807, 2.05) is 13.8 Å². The zero-order valence-electron chi connectivity index (χ0n) is 19.5. The summed E-state index contributed by atoms with van der Waals surface area (Å²) in [5, 5.41) is 6.72. The molecule has 10 heteroatoms. The van der Waals surface area contributed by atoms with Crippen LogP contribution in [0.25, 0.3) is 0 Å². The minimum absolute atomic E-state index is 0.214. The number of benzene rings is 3. The number of carbonyl (C=O) groups is 3. The van der Waals surface area contributed by atoms with E-state index < -0.39 is 17.8 Å². The first-order valence-corrected chi connectivity index (χ1v) is 12.1. The van der Waals surface area contributed by atoms with E-state index in [-0.39, 0.29) is 5.75 Å². The number of esters is 1. The van der Waals surface area contributed by atoms with Crippen LogP contribution in [0.4, 0.5) is 5.69 Å². The molecule has 0 aliphatic carbocycles. The molecule has 2 N–H and O–H groups in total. The number of nitrogens with one attached hydrogen (secondary N) is 2. The summed E-state index contributed by atoms with van der Waals surface area (Å²) >= 11 is 9.39. The zero-order chi connectivity index (χ0) is 26.1. The average Bonchev–Trinajstić information content (AvgIpc) is 2.86. The SMILES string of the molecule is CCCOc1ccc(C(=O)Oc2ccc(Br)cc2C=NNC(=O)C(=O)Nc2ccc(C)c(Cl)c2)cc1. The highest BCUT2D eigenvalue weighted by molar-refractivity contribution is 9.10. The van der Waals surface area contributed by atoms with E-state index in [0.717, 1.165) is 12.0 Å². The van der Waals surface area contributed by atoms with E-state index >= 15 is 0 Å². The summed E-state index contributed by atoms with van der Waals surface area (Å²) in [7, 11) is 0. The van der Waals surface area contributed by atoms with Gasteiger partial charge in [0.15, 0.2) is 0 Å². The Bertz CT molecular complexity index is 1300. The summed E-state index contributed by atoms with van der Waals surface area (Å²) in [5.41, 5.74) is 4.10. The Morgan fingerprint density at radius 2 is 1.78 bits per heavy atom. The maximum absolute atomic E-state index is 12.6. The molecule has 0 aliphatic rings. The van der Waals surface area contributed by atoms with Crippen LogP contribution in [-0.4, -0.2) is 30.6 Å². The van der Waals surface area contributed by atoms with Crippen molar-refractivity contribution in [2.75, 3.05) is 11.9 Å². The van der Waals surface area contributed by atoms with Gasteiger partial charge in [-0.2, -0.15) is 5.10 Å². The number of aryl methyl sites for hydroxylation is 1. The maximum atomic E-state index is 12.6. The fourth-order valence-corrected chi connectivity index (χ4v) is 3.41. The molecule has 0 spiro atoms. The van der Waals surface area contributed by atoms with Gasteiger partial charge in [0, 0.05) is 20.7 Å². The van der Waals surface area contributed by atoms with Crippen molar-refractivity contribution < 1.29 is 23.9 Å². The Kier molecular flexibility index (Phi) is 9.61. The number of carbonyl (C=O) groups excluding carboxylic acids is 3. The number of ether oxygens (including phenoxy) is 2. The molecule has 3 aromatic rings. The smallest absolute Gasteiger partial charge is 0.343 e. The molecule has 0 saturated carbocycles. The summed E-state index contributed by atoms with van der Waals surface area (Å²) < 4.78 is 11.7. The van der Waals surface area contributed by atoms with Crippen molar-refractivity contribution in [2.45, 2.75) is 20.3 Å². The van der Waals surface area contributed by atoms with E-state index in [9.17, 15) is 14.4 Å². The minimum Gasteiger partial charge on any atom is -0.494 e. The fraction of sp³-hybridized carbons (Fsp3) is 0.154. The number of hydrazone groups is 1. The highest BCUT2D eigenvalue weighted by Crippen LogP contribution is 2.24. The topological polar surface area (TPSA) is 106 Å². The van der Waals surface area contributed by atoms with Crippen LogP contribution in [0.2, 0.25) is 5.02 Å². The molecule has 36 heavy (non-hydrogen) atoms. The van der Waals surface area contributed by atoms with Gasteiger partial charge in [-0.3, -0.25) is 9.59 Å². The first-order valence-electron chi connectivity index (χ1n) is 10.9. The third-order valence-electron chi connectivity index (χ3n) is 4.74. The Hall–Kier alpha value is -3.69. The lowest BCUT2D eigenvalue weighted by Gasteiger charge is -2.09. The fourth-order valence-electron chi connectivity index (χ4n) is 2.85. The number of anilines is 1. The van der Waals surface area contributed by atoms with Crippen molar-refractivity contribution in [1.29, 1.82) is 0 Å². The number of halogens is 2. The monoisotopic (exact) mass is 571 g/mol. The lowest BCUT2D eigenvalue weighted by molar-refractivity contribution is -0.136. The van der Waals surface area contributed by atoms with Gasteiger partial charge in [0.05, 0.1) is 18.4 Å². The van der Waals surface area contributed by atoms with Crippen molar-refractivity contribution in [3.8, 4) is 11.5 Å². The van der Waals surface area contributed by atoms with Crippen LogP contribution < -0.4 is 20.2 Å².